The standard InChI is InChI=1S/C23H25FN2O/c24-20-4-2-1-3-19(20)17-5-7-18(8-6-17)21(27)26-23-12-15-9-16(13-23)11-22(25,10-15)14-23/h1-8,15-16H,9-14,25H2,(H,26,27)/t15-,16+,22?,23?. The molecular weight excluding hydrogens is 339 g/mol. The van der Waals surface area contributed by atoms with Crippen molar-refractivity contribution in [1.82, 2.24) is 5.32 Å². The van der Waals surface area contributed by atoms with E-state index in [1.807, 2.05) is 18.2 Å². The molecule has 27 heavy (non-hydrogen) atoms. The number of halogens is 1. The molecule has 4 saturated carbocycles. The largest absolute Gasteiger partial charge is 0.347 e. The summed E-state index contributed by atoms with van der Waals surface area (Å²) in [6.45, 7) is 0. The SMILES string of the molecule is NC12C[C@H]3C[C@@H](C1)CC(NC(=O)c1ccc(-c4ccccc4F)cc1)(C3)C2. The first-order valence-electron chi connectivity index (χ1n) is 9.90. The van der Waals surface area contributed by atoms with Crippen LogP contribution in [0.5, 0.6) is 0 Å². The molecule has 4 aliphatic carbocycles. The fourth-order valence-electron chi connectivity index (χ4n) is 6.29. The van der Waals surface area contributed by atoms with E-state index in [4.69, 9.17) is 5.73 Å². The third kappa shape index (κ3) is 2.96. The molecule has 4 aliphatic rings. The highest BCUT2D eigenvalue weighted by atomic mass is 19.1. The van der Waals surface area contributed by atoms with E-state index >= 15 is 0 Å². The van der Waals surface area contributed by atoms with Crippen molar-refractivity contribution in [2.45, 2.75) is 49.6 Å². The number of carbonyl (C=O) groups excluding carboxylic acids is 1. The van der Waals surface area contributed by atoms with Gasteiger partial charge in [-0.25, -0.2) is 4.39 Å². The molecule has 2 aromatic carbocycles. The van der Waals surface area contributed by atoms with Crippen LogP contribution >= 0.6 is 0 Å². The normalized spacial score (nSPS) is 33.9. The smallest absolute Gasteiger partial charge is 0.251 e. The van der Waals surface area contributed by atoms with Crippen molar-refractivity contribution in [3.8, 4) is 11.1 Å². The first-order valence-corrected chi connectivity index (χ1v) is 9.90. The van der Waals surface area contributed by atoms with Crippen LogP contribution < -0.4 is 11.1 Å². The topological polar surface area (TPSA) is 55.1 Å². The molecule has 6 rings (SSSR count). The van der Waals surface area contributed by atoms with Gasteiger partial charge in [-0.1, -0.05) is 30.3 Å². The van der Waals surface area contributed by atoms with Gasteiger partial charge in [0.05, 0.1) is 0 Å². The predicted octanol–water partition coefficient (Wildman–Crippen LogP) is 4.27. The molecule has 4 atom stereocenters. The van der Waals surface area contributed by atoms with Crippen molar-refractivity contribution < 1.29 is 9.18 Å². The van der Waals surface area contributed by atoms with E-state index in [1.54, 1.807) is 24.3 Å². The van der Waals surface area contributed by atoms with Crippen LogP contribution in [0.3, 0.4) is 0 Å². The average Bonchev–Trinajstić information content (AvgIpc) is 2.60. The summed E-state index contributed by atoms with van der Waals surface area (Å²) < 4.78 is 14.0. The minimum atomic E-state index is -0.253. The van der Waals surface area contributed by atoms with E-state index in [-0.39, 0.29) is 22.8 Å². The second-order valence-corrected chi connectivity index (χ2v) is 9.12. The van der Waals surface area contributed by atoms with Gasteiger partial charge in [-0.05, 0) is 74.1 Å². The van der Waals surface area contributed by atoms with Crippen LogP contribution in [0.25, 0.3) is 11.1 Å². The number of amides is 1. The molecule has 2 aromatic rings. The lowest BCUT2D eigenvalue weighted by Gasteiger charge is -2.61. The summed E-state index contributed by atoms with van der Waals surface area (Å²) in [5.41, 5.74) is 8.35. The Morgan fingerprint density at radius 3 is 2.30 bits per heavy atom. The van der Waals surface area contributed by atoms with Gasteiger partial charge in [-0.3, -0.25) is 4.79 Å². The van der Waals surface area contributed by atoms with Crippen molar-refractivity contribution in [1.29, 1.82) is 0 Å². The number of nitrogens with one attached hydrogen (secondary N) is 1. The molecule has 0 heterocycles. The van der Waals surface area contributed by atoms with Gasteiger partial charge < -0.3 is 11.1 Å². The third-order valence-electron chi connectivity index (χ3n) is 6.82. The Labute approximate surface area is 159 Å². The first kappa shape index (κ1) is 16.9. The third-order valence-corrected chi connectivity index (χ3v) is 6.82. The summed E-state index contributed by atoms with van der Waals surface area (Å²) in [5, 5.41) is 3.34. The average molecular weight is 364 g/mol. The molecular formula is C23H25FN2O. The highest BCUT2D eigenvalue weighted by Gasteiger charge is 2.56. The van der Waals surface area contributed by atoms with Crippen molar-refractivity contribution in [2.24, 2.45) is 17.6 Å². The van der Waals surface area contributed by atoms with Crippen molar-refractivity contribution in [3.63, 3.8) is 0 Å². The fraction of sp³-hybridized carbons (Fsp3) is 0.435. The van der Waals surface area contributed by atoms with Crippen LogP contribution in [-0.4, -0.2) is 17.0 Å². The maximum Gasteiger partial charge on any atom is 0.251 e. The summed E-state index contributed by atoms with van der Waals surface area (Å²) in [6.07, 6.45) is 6.50. The summed E-state index contributed by atoms with van der Waals surface area (Å²) in [4.78, 5) is 12.9. The number of hydrogen-bond acceptors (Lipinski definition) is 2. The number of rotatable bonds is 3. The van der Waals surface area contributed by atoms with Gasteiger partial charge in [0.2, 0.25) is 0 Å². The van der Waals surface area contributed by atoms with Gasteiger partial charge in [0, 0.05) is 22.2 Å². The number of nitrogens with two attached hydrogens (primary N) is 1. The molecule has 4 fully saturated rings. The molecule has 1 amide bonds. The summed E-state index contributed by atoms with van der Waals surface area (Å²) in [7, 11) is 0. The van der Waals surface area contributed by atoms with Crippen LogP contribution in [0.1, 0.15) is 48.9 Å². The van der Waals surface area contributed by atoms with Gasteiger partial charge in [0.25, 0.3) is 5.91 Å². The summed E-state index contributed by atoms with van der Waals surface area (Å²) in [5.74, 6) is 1.01. The van der Waals surface area contributed by atoms with Crippen LogP contribution in [-0.2, 0) is 0 Å². The van der Waals surface area contributed by atoms with Crippen LogP contribution in [0.2, 0.25) is 0 Å². The lowest BCUT2D eigenvalue weighted by atomic mass is 9.50. The minimum absolute atomic E-state index is 0.0411. The number of benzene rings is 2. The monoisotopic (exact) mass is 364 g/mol. The molecule has 0 aliphatic heterocycles. The van der Waals surface area contributed by atoms with Gasteiger partial charge in [-0.2, -0.15) is 0 Å². The highest BCUT2D eigenvalue weighted by molar-refractivity contribution is 5.95. The fourth-order valence-corrected chi connectivity index (χ4v) is 6.29. The quantitative estimate of drug-likeness (QED) is 0.854. The lowest BCUT2D eigenvalue weighted by Crippen LogP contribution is -2.68. The van der Waals surface area contributed by atoms with Crippen LogP contribution in [0.4, 0.5) is 4.39 Å². The molecule has 3 nitrogen and oxygen atoms in total. The zero-order chi connectivity index (χ0) is 18.6. The predicted molar refractivity (Wildman–Crippen MR) is 104 cm³/mol. The molecule has 0 radical (unpaired) electrons. The minimum Gasteiger partial charge on any atom is -0.347 e. The maximum absolute atomic E-state index is 14.0. The van der Waals surface area contributed by atoms with Gasteiger partial charge >= 0.3 is 0 Å². The first-order chi connectivity index (χ1) is 12.9. The van der Waals surface area contributed by atoms with Crippen LogP contribution in [0, 0.1) is 17.7 Å². The second-order valence-electron chi connectivity index (χ2n) is 9.12. The molecule has 0 aromatic heterocycles. The second kappa shape index (κ2) is 5.90. The van der Waals surface area contributed by atoms with Gasteiger partial charge in [0.15, 0.2) is 0 Å². The van der Waals surface area contributed by atoms with Crippen molar-refractivity contribution >= 4 is 5.91 Å². The molecule has 4 bridgehead atoms. The Morgan fingerprint density at radius 1 is 1.00 bits per heavy atom. The molecule has 4 heteroatoms. The van der Waals surface area contributed by atoms with E-state index in [1.165, 1.54) is 12.5 Å². The number of carbonyl (C=O) groups is 1. The molecule has 140 valence electrons. The van der Waals surface area contributed by atoms with E-state index in [9.17, 15) is 9.18 Å². The zero-order valence-electron chi connectivity index (χ0n) is 15.4. The Bertz CT molecular complexity index is 878. The number of hydrogen-bond donors (Lipinski definition) is 2. The van der Waals surface area contributed by atoms with Gasteiger partial charge in [0.1, 0.15) is 5.82 Å². The van der Waals surface area contributed by atoms with Crippen LogP contribution in [0.15, 0.2) is 48.5 Å². The van der Waals surface area contributed by atoms with E-state index in [2.05, 4.69) is 5.32 Å². The molecule has 2 unspecified atom stereocenters. The van der Waals surface area contributed by atoms with E-state index < -0.39 is 0 Å². The Morgan fingerprint density at radius 2 is 1.67 bits per heavy atom. The molecule has 0 spiro atoms. The highest BCUT2D eigenvalue weighted by Crippen LogP contribution is 2.56. The van der Waals surface area contributed by atoms with Crippen molar-refractivity contribution in [2.75, 3.05) is 0 Å². The Hall–Kier alpha value is -2.20. The molecule has 0 saturated heterocycles. The van der Waals surface area contributed by atoms with E-state index in [0.717, 1.165) is 37.7 Å². The Kier molecular flexibility index (Phi) is 3.70. The zero-order valence-corrected chi connectivity index (χ0v) is 15.4. The van der Waals surface area contributed by atoms with Crippen molar-refractivity contribution in [3.05, 3.63) is 59.9 Å². The lowest BCUT2D eigenvalue weighted by molar-refractivity contribution is -0.0320. The summed E-state index contributed by atoms with van der Waals surface area (Å²) >= 11 is 0. The maximum atomic E-state index is 14.0. The summed E-state index contributed by atoms with van der Waals surface area (Å²) in [6, 6.07) is 13.9. The van der Waals surface area contributed by atoms with Gasteiger partial charge in [-0.15, -0.1) is 0 Å². The molecule has 3 N–H and O–H groups in total. The van der Waals surface area contributed by atoms with E-state index in [0.29, 0.717) is 23.0 Å². The Balaban J connectivity index is 1.35.